The zero-order valence-corrected chi connectivity index (χ0v) is 19.7. The fraction of sp³-hybridized carbons (Fsp3) is 0.444. The van der Waals surface area contributed by atoms with Gasteiger partial charge in [0.1, 0.15) is 12.6 Å². The van der Waals surface area contributed by atoms with Gasteiger partial charge in [0, 0.05) is 19.0 Å². The number of carboxylic acids is 1. The van der Waals surface area contributed by atoms with Gasteiger partial charge in [-0.3, -0.25) is 9.59 Å². The Labute approximate surface area is 200 Å². The van der Waals surface area contributed by atoms with Gasteiger partial charge < -0.3 is 20.1 Å². The van der Waals surface area contributed by atoms with Crippen molar-refractivity contribution < 1.29 is 24.2 Å². The smallest absolute Gasteiger partial charge is 0.407 e. The predicted molar refractivity (Wildman–Crippen MR) is 128 cm³/mol. The van der Waals surface area contributed by atoms with Crippen LogP contribution in [0.1, 0.15) is 50.2 Å². The van der Waals surface area contributed by atoms with E-state index in [9.17, 15) is 19.5 Å². The van der Waals surface area contributed by atoms with Gasteiger partial charge in [-0.1, -0.05) is 62.4 Å². The molecule has 34 heavy (non-hydrogen) atoms. The van der Waals surface area contributed by atoms with Gasteiger partial charge in [-0.25, -0.2) is 4.79 Å². The van der Waals surface area contributed by atoms with Gasteiger partial charge >= 0.3 is 12.1 Å². The second-order valence-electron chi connectivity index (χ2n) is 9.61. The fourth-order valence-electron chi connectivity index (χ4n) is 5.07. The van der Waals surface area contributed by atoms with Gasteiger partial charge in [-0.2, -0.15) is 0 Å². The molecule has 0 saturated carbocycles. The lowest BCUT2D eigenvalue weighted by Crippen LogP contribution is -2.52. The Kier molecular flexibility index (Phi) is 7.20. The molecule has 2 atom stereocenters. The van der Waals surface area contributed by atoms with Crippen LogP contribution < -0.4 is 5.32 Å². The topological polar surface area (TPSA) is 95.9 Å². The summed E-state index contributed by atoms with van der Waals surface area (Å²) in [4.78, 5) is 38.9. The monoisotopic (exact) mass is 464 g/mol. The number of rotatable bonds is 7. The largest absolute Gasteiger partial charge is 0.481 e. The normalized spacial score (nSPS) is 18.2. The predicted octanol–water partition coefficient (Wildman–Crippen LogP) is 4.26. The van der Waals surface area contributed by atoms with Gasteiger partial charge in [0.15, 0.2) is 0 Å². The van der Waals surface area contributed by atoms with Crippen molar-refractivity contribution in [1.29, 1.82) is 0 Å². The van der Waals surface area contributed by atoms with Gasteiger partial charge in [-0.05, 0) is 47.4 Å². The molecular weight excluding hydrogens is 432 g/mol. The zero-order chi connectivity index (χ0) is 24.2. The van der Waals surface area contributed by atoms with Gasteiger partial charge in [0.2, 0.25) is 5.91 Å². The number of piperidine rings is 1. The number of nitrogens with zero attached hydrogens (tertiary/aromatic N) is 1. The van der Waals surface area contributed by atoms with E-state index < -0.39 is 24.0 Å². The Bertz CT molecular complexity index is 1020. The first-order valence-corrected chi connectivity index (χ1v) is 12.0. The van der Waals surface area contributed by atoms with E-state index in [1.165, 1.54) is 0 Å². The number of fused-ring (bicyclic) bond motifs is 3. The highest BCUT2D eigenvalue weighted by Crippen LogP contribution is 2.44. The quantitative estimate of drug-likeness (QED) is 0.638. The summed E-state index contributed by atoms with van der Waals surface area (Å²) in [5.41, 5.74) is 4.55. The molecule has 7 nitrogen and oxygen atoms in total. The van der Waals surface area contributed by atoms with Gasteiger partial charge in [-0.15, -0.1) is 0 Å². The van der Waals surface area contributed by atoms with Crippen molar-refractivity contribution in [2.24, 2.45) is 11.8 Å². The minimum Gasteiger partial charge on any atom is -0.481 e. The van der Waals surface area contributed by atoms with Crippen molar-refractivity contribution in [2.45, 2.75) is 45.1 Å². The molecule has 2 aromatic rings. The molecule has 4 rings (SSSR count). The lowest BCUT2D eigenvalue weighted by Gasteiger charge is -2.34. The number of carbonyl (C=O) groups is 3. The number of likely N-dealkylation sites (tertiary alicyclic amines) is 1. The molecule has 1 unspecified atom stereocenters. The second-order valence-corrected chi connectivity index (χ2v) is 9.61. The number of hydrogen-bond acceptors (Lipinski definition) is 4. The Balaban J connectivity index is 1.42. The number of amides is 2. The van der Waals surface area contributed by atoms with Crippen LogP contribution in [0.15, 0.2) is 48.5 Å². The number of carbonyl (C=O) groups excluding carboxylic acids is 2. The molecular formula is C27H32N2O5. The van der Waals surface area contributed by atoms with E-state index in [-0.39, 0.29) is 30.9 Å². The SMILES string of the molecule is CC(C)CC(NC(=O)OCC1c2ccccc2-c2ccccc21)C(=O)N1CCC[C@@H](C(=O)O)C1. The summed E-state index contributed by atoms with van der Waals surface area (Å²) in [6.07, 6.45) is 1.03. The number of aliphatic carboxylic acids is 1. The summed E-state index contributed by atoms with van der Waals surface area (Å²) < 4.78 is 5.63. The average molecular weight is 465 g/mol. The molecule has 0 spiro atoms. The Morgan fingerprint density at radius 1 is 1.06 bits per heavy atom. The van der Waals surface area contributed by atoms with Crippen molar-refractivity contribution in [3.8, 4) is 11.1 Å². The van der Waals surface area contributed by atoms with Crippen LogP contribution in [0.5, 0.6) is 0 Å². The Morgan fingerprint density at radius 3 is 2.26 bits per heavy atom. The molecule has 180 valence electrons. The summed E-state index contributed by atoms with van der Waals surface area (Å²) in [5, 5.41) is 12.1. The van der Waals surface area contributed by atoms with Crippen LogP contribution >= 0.6 is 0 Å². The molecule has 7 heteroatoms. The molecule has 1 aliphatic heterocycles. The summed E-state index contributed by atoms with van der Waals surface area (Å²) in [7, 11) is 0. The highest BCUT2D eigenvalue weighted by molar-refractivity contribution is 5.86. The molecule has 0 radical (unpaired) electrons. The van der Waals surface area contributed by atoms with Crippen LogP contribution in [-0.2, 0) is 14.3 Å². The van der Waals surface area contributed by atoms with E-state index >= 15 is 0 Å². The molecule has 1 aliphatic carbocycles. The summed E-state index contributed by atoms with van der Waals surface area (Å²) >= 11 is 0. The van der Waals surface area contributed by atoms with Crippen LogP contribution in [0.3, 0.4) is 0 Å². The van der Waals surface area contributed by atoms with E-state index in [0.717, 1.165) is 22.3 Å². The third kappa shape index (κ3) is 5.08. The summed E-state index contributed by atoms with van der Waals surface area (Å²) in [6.45, 7) is 4.82. The molecule has 1 heterocycles. The number of nitrogens with one attached hydrogen (secondary N) is 1. The first-order valence-electron chi connectivity index (χ1n) is 12.0. The molecule has 2 aliphatic rings. The average Bonchev–Trinajstić information content (AvgIpc) is 3.15. The standard InChI is InChI=1S/C27H32N2O5/c1-17(2)14-24(25(30)29-13-7-8-18(15-29)26(31)32)28-27(33)34-16-23-21-11-5-3-9-19(21)20-10-4-6-12-22(20)23/h3-6,9-12,17-18,23-24H,7-8,13-16H2,1-2H3,(H,28,33)(H,31,32)/t18-,24?/m1/s1. The summed E-state index contributed by atoms with van der Waals surface area (Å²) in [5.74, 6) is -1.58. The van der Waals surface area contributed by atoms with Crippen LogP contribution in [0.4, 0.5) is 4.79 Å². The van der Waals surface area contributed by atoms with Gasteiger partial charge in [0.05, 0.1) is 5.92 Å². The third-order valence-corrected chi connectivity index (χ3v) is 6.72. The first-order chi connectivity index (χ1) is 16.3. The van der Waals surface area contributed by atoms with Crippen molar-refractivity contribution >= 4 is 18.0 Å². The fourth-order valence-corrected chi connectivity index (χ4v) is 5.07. The van der Waals surface area contributed by atoms with E-state index in [1.54, 1.807) is 4.90 Å². The molecule has 1 fully saturated rings. The second kappa shape index (κ2) is 10.3. The van der Waals surface area contributed by atoms with Crippen LogP contribution in [0.2, 0.25) is 0 Å². The molecule has 2 N–H and O–H groups in total. The van der Waals surface area contributed by atoms with Crippen LogP contribution in [0.25, 0.3) is 11.1 Å². The molecule has 2 amide bonds. The van der Waals surface area contributed by atoms with Crippen LogP contribution in [-0.4, -0.2) is 53.7 Å². The zero-order valence-electron chi connectivity index (χ0n) is 19.7. The van der Waals surface area contributed by atoms with Crippen molar-refractivity contribution in [3.05, 3.63) is 59.7 Å². The van der Waals surface area contributed by atoms with Crippen molar-refractivity contribution in [2.75, 3.05) is 19.7 Å². The van der Waals surface area contributed by atoms with Crippen LogP contribution in [0, 0.1) is 11.8 Å². The maximum Gasteiger partial charge on any atom is 0.407 e. The highest BCUT2D eigenvalue weighted by atomic mass is 16.5. The molecule has 0 aromatic heterocycles. The van der Waals surface area contributed by atoms with Crippen molar-refractivity contribution in [3.63, 3.8) is 0 Å². The van der Waals surface area contributed by atoms with E-state index in [4.69, 9.17) is 4.74 Å². The number of alkyl carbamates (subject to hydrolysis) is 1. The maximum atomic E-state index is 13.2. The first kappa shape index (κ1) is 23.8. The lowest BCUT2D eigenvalue weighted by molar-refractivity contribution is -0.146. The van der Waals surface area contributed by atoms with E-state index in [1.807, 2.05) is 38.1 Å². The van der Waals surface area contributed by atoms with Crippen molar-refractivity contribution in [1.82, 2.24) is 10.2 Å². The number of benzene rings is 2. The molecule has 1 saturated heterocycles. The summed E-state index contributed by atoms with van der Waals surface area (Å²) in [6, 6.07) is 15.5. The lowest BCUT2D eigenvalue weighted by atomic mass is 9.96. The molecule has 0 bridgehead atoms. The van der Waals surface area contributed by atoms with Gasteiger partial charge in [0.25, 0.3) is 0 Å². The maximum absolute atomic E-state index is 13.2. The highest BCUT2D eigenvalue weighted by Gasteiger charge is 2.34. The molecule has 2 aromatic carbocycles. The van der Waals surface area contributed by atoms with E-state index in [2.05, 4.69) is 29.6 Å². The Morgan fingerprint density at radius 2 is 1.68 bits per heavy atom. The Hall–Kier alpha value is -3.35. The van der Waals surface area contributed by atoms with E-state index in [0.29, 0.717) is 25.8 Å². The third-order valence-electron chi connectivity index (χ3n) is 6.72. The number of hydrogen-bond donors (Lipinski definition) is 2. The minimum absolute atomic E-state index is 0.0594. The number of ether oxygens (including phenoxy) is 1. The minimum atomic E-state index is -0.887. The number of carboxylic acid groups (broad SMARTS) is 1.